The van der Waals surface area contributed by atoms with Crippen LogP contribution in [0.15, 0.2) is 59.7 Å². The summed E-state index contributed by atoms with van der Waals surface area (Å²) in [6.07, 6.45) is 2.54. The summed E-state index contributed by atoms with van der Waals surface area (Å²) in [4.78, 5) is 4.28. The van der Waals surface area contributed by atoms with Gasteiger partial charge < -0.3 is 27.9 Å². The van der Waals surface area contributed by atoms with Gasteiger partial charge in [0.2, 0.25) is 0 Å². The number of benzene rings is 2. The fourth-order valence-electron chi connectivity index (χ4n) is 2.02. The van der Waals surface area contributed by atoms with Gasteiger partial charge in [0.05, 0.1) is 11.4 Å². The summed E-state index contributed by atoms with van der Waals surface area (Å²) in [6.45, 7) is 0.585. The summed E-state index contributed by atoms with van der Waals surface area (Å²) < 4.78 is 0. The van der Waals surface area contributed by atoms with Crippen molar-refractivity contribution >= 4 is 29.1 Å². The number of nitrogens with zero attached hydrogens (tertiary/aromatic N) is 1. The van der Waals surface area contributed by atoms with E-state index in [9.17, 15) is 0 Å². The predicted molar refractivity (Wildman–Crippen MR) is 96.4 cm³/mol. The van der Waals surface area contributed by atoms with E-state index in [4.69, 9.17) is 22.6 Å². The summed E-state index contributed by atoms with van der Waals surface area (Å²) in [5.74, 6) is 0.287. The molecule has 0 radical (unpaired) electrons. The molecule has 0 fully saturated rings. The number of rotatable bonds is 5. The fraction of sp³-hybridized carbons (Fsp3) is 0.0588. The van der Waals surface area contributed by atoms with Crippen LogP contribution in [0.1, 0.15) is 11.1 Å². The van der Waals surface area contributed by atoms with Crippen LogP contribution in [0, 0.1) is 5.41 Å². The van der Waals surface area contributed by atoms with Gasteiger partial charge in [-0.1, -0.05) is 36.4 Å². The third-order valence-electron chi connectivity index (χ3n) is 3.25. The van der Waals surface area contributed by atoms with E-state index in [1.165, 1.54) is 12.4 Å². The molecule has 23 heavy (non-hydrogen) atoms. The standard InChI is InChI=1S/C17H20N6/c18-9-14(10-19)13-6-7-16(15(20)8-13)23-17(21)22-11-12-4-2-1-3-5-12/h1-10,18H,11,19-20H2,(H3,21,22,23)/b14-10+,18-9?. The van der Waals surface area contributed by atoms with Crippen LogP contribution in [0.4, 0.5) is 11.4 Å². The van der Waals surface area contributed by atoms with Crippen LogP contribution < -0.4 is 22.5 Å². The molecular formula is C17H20N6. The van der Waals surface area contributed by atoms with E-state index in [1.807, 2.05) is 30.3 Å². The highest BCUT2D eigenvalue weighted by Crippen LogP contribution is 2.25. The van der Waals surface area contributed by atoms with Gasteiger partial charge in [-0.3, -0.25) is 0 Å². The maximum absolute atomic E-state index is 7.30. The molecule has 0 heterocycles. The monoisotopic (exact) mass is 308 g/mol. The lowest BCUT2D eigenvalue weighted by Gasteiger charge is -2.08. The van der Waals surface area contributed by atoms with Crippen molar-refractivity contribution < 1.29 is 0 Å². The van der Waals surface area contributed by atoms with Crippen molar-refractivity contribution in [2.24, 2.45) is 16.5 Å². The fourth-order valence-corrected chi connectivity index (χ4v) is 2.02. The lowest BCUT2D eigenvalue weighted by atomic mass is 10.1. The van der Waals surface area contributed by atoms with E-state index in [2.05, 4.69) is 10.3 Å². The summed E-state index contributed by atoms with van der Waals surface area (Å²) >= 11 is 0. The van der Waals surface area contributed by atoms with Crippen LogP contribution in [0.3, 0.4) is 0 Å². The molecule has 0 aliphatic rings. The third-order valence-corrected chi connectivity index (χ3v) is 3.25. The van der Waals surface area contributed by atoms with E-state index in [1.54, 1.807) is 18.2 Å². The first kappa shape index (κ1) is 16.1. The van der Waals surface area contributed by atoms with Crippen molar-refractivity contribution in [3.05, 3.63) is 65.9 Å². The van der Waals surface area contributed by atoms with Gasteiger partial charge in [-0.15, -0.1) is 0 Å². The van der Waals surface area contributed by atoms with Crippen LogP contribution in [-0.4, -0.2) is 12.2 Å². The molecule has 0 aromatic heterocycles. The molecule has 118 valence electrons. The lowest BCUT2D eigenvalue weighted by molar-refractivity contribution is 0.904. The molecule has 0 aliphatic carbocycles. The number of anilines is 1. The lowest BCUT2D eigenvalue weighted by Crippen LogP contribution is -2.30. The van der Waals surface area contributed by atoms with Gasteiger partial charge in [0, 0.05) is 24.5 Å². The van der Waals surface area contributed by atoms with Crippen molar-refractivity contribution in [1.29, 1.82) is 5.41 Å². The Balaban J connectivity index is 2.10. The largest absolute Gasteiger partial charge is 0.404 e. The van der Waals surface area contributed by atoms with Crippen LogP contribution in [0.5, 0.6) is 0 Å². The Morgan fingerprint density at radius 2 is 1.91 bits per heavy atom. The second kappa shape index (κ2) is 7.65. The molecule has 0 saturated carbocycles. The molecule has 0 unspecified atom stereocenters. The number of nitrogen functional groups attached to an aromatic ring is 1. The Morgan fingerprint density at radius 3 is 2.52 bits per heavy atom. The number of allylic oxidation sites excluding steroid dienone is 1. The Kier molecular flexibility index (Phi) is 5.35. The van der Waals surface area contributed by atoms with Crippen LogP contribution in [0.25, 0.3) is 5.57 Å². The van der Waals surface area contributed by atoms with Gasteiger partial charge in [-0.25, -0.2) is 4.99 Å². The van der Waals surface area contributed by atoms with Gasteiger partial charge in [0.1, 0.15) is 0 Å². The van der Waals surface area contributed by atoms with E-state index >= 15 is 0 Å². The van der Waals surface area contributed by atoms with Crippen molar-refractivity contribution in [3.63, 3.8) is 0 Å². The minimum atomic E-state index is 0.287. The molecular weight excluding hydrogens is 288 g/mol. The zero-order valence-electron chi connectivity index (χ0n) is 12.7. The Labute approximate surface area is 135 Å². The van der Waals surface area contributed by atoms with Crippen molar-refractivity contribution in [3.8, 4) is 0 Å². The van der Waals surface area contributed by atoms with Crippen LogP contribution >= 0.6 is 0 Å². The van der Waals surface area contributed by atoms with Crippen LogP contribution in [-0.2, 0) is 6.54 Å². The molecule has 6 nitrogen and oxygen atoms in total. The minimum Gasteiger partial charge on any atom is -0.404 e. The van der Waals surface area contributed by atoms with Gasteiger partial charge in [0.25, 0.3) is 0 Å². The van der Waals surface area contributed by atoms with Crippen molar-refractivity contribution in [2.75, 3.05) is 5.73 Å². The highest BCUT2D eigenvalue weighted by atomic mass is 15.1. The number of guanidine groups is 1. The van der Waals surface area contributed by atoms with Crippen molar-refractivity contribution in [2.45, 2.75) is 6.54 Å². The van der Waals surface area contributed by atoms with Gasteiger partial charge in [-0.2, -0.15) is 0 Å². The van der Waals surface area contributed by atoms with Crippen molar-refractivity contribution in [1.82, 2.24) is 5.32 Å². The number of nitrogens with one attached hydrogen (secondary N) is 2. The van der Waals surface area contributed by atoms with E-state index in [0.717, 1.165) is 11.1 Å². The highest BCUT2D eigenvalue weighted by Gasteiger charge is 2.04. The second-order valence-corrected chi connectivity index (χ2v) is 4.88. The Bertz CT molecular complexity index is 734. The quantitative estimate of drug-likeness (QED) is 0.329. The van der Waals surface area contributed by atoms with Crippen LogP contribution in [0.2, 0.25) is 0 Å². The number of hydrogen-bond acceptors (Lipinski definition) is 4. The summed E-state index contributed by atoms with van der Waals surface area (Å²) in [7, 11) is 0. The smallest absolute Gasteiger partial charge is 0.194 e. The molecule has 0 atom stereocenters. The van der Waals surface area contributed by atoms with Gasteiger partial charge in [0.15, 0.2) is 5.96 Å². The Morgan fingerprint density at radius 1 is 1.17 bits per heavy atom. The molecule has 2 rings (SSSR count). The molecule has 8 N–H and O–H groups in total. The molecule has 0 amide bonds. The molecule has 2 aromatic carbocycles. The number of aliphatic imine (C=N–C) groups is 1. The SMILES string of the molecule is N=C/C(=C\N)c1ccc(/N=C(\N)NCc2ccccc2)c(N)c1. The number of hydrogen-bond donors (Lipinski definition) is 5. The first-order valence-electron chi connectivity index (χ1n) is 7.08. The second-order valence-electron chi connectivity index (χ2n) is 4.88. The molecule has 0 saturated heterocycles. The average Bonchev–Trinajstić information content (AvgIpc) is 2.57. The van der Waals surface area contributed by atoms with Gasteiger partial charge in [-0.05, 0) is 23.3 Å². The topological polar surface area (TPSA) is 126 Å². The zero-order valence-corrected chi connectivity index (χ0v) is 12.7. The normalized spacial score (nSPS) is 12.0. The summed E-state index contributed by atoms with van der Waals surface area (Å²) in [6, 6.07) is 15.1. The molecule has 0 aliphatic heterocycles. The highest BCUT2D eigenvalue weighted by molar-refractivity contribution is 6.08. The average molecular weight is 308 g/mol. The molecule has 0 bridgehead atoms. The predicted octanol–water partition coefficient (Wildman–Crippen LogP) is 1.95. The molecule has 2 aromatic rings. The maximum atomic E-state index is 7.30. The first-order valence-corrected chi connectivity index (χ1v) is 7.08. The maximum Gasteiger partial charge on any atom is 0.194 e. The van der Waals surface area contributed by atoms with Gasteiger partial charge >= 0.3 is 0 Å². The minimum absolute atomic E-state index is 0.287. The molecule has 0 spiro atoms. The molecule has 6 heteroatoms. The number of nitrogens with two attached hydrogens (primary N) is 3. The zero-order chi connectivity index (χ0) is 16.7. The third kappa shape index (κ3) is 4.34. The Hall–Kier alpha value is -3.28. The first-order chi connectivity index (χ1) is 11.1. The van der Waals surface area contributed by atoms with E-state index in [-0.39, 0.29) is 5.96 Å². The summed E-state index contributed by atoms with van der Waals surface area (Å²) in [5.41, 5.74) is 20.8. The van der Waals surface area contributed by atoms with E-state index < -0.39 is 0 Å². The van der Waals surface area contributed by atoms with E-state index in [0.29, 0.717) is 23.5 Å². The summed E-state index contributed by atoms with van der Waals surface area (Å²) in [5, 5.41) is 10.3.